The predicted molar refractivity (Wildman–Crippen MR) is 85.9 cm³/mol. The Bertz CT molecular complexity index is 646. The lowest BCUT2D eigenvalue weighted by molar-refractivity contribution is 0.467. The van der Waals surface area contributed by atoms with Crippen LogP contribution in [-0.2, 0) is 0 Å². The highest BCUT2D eigenvalue weighted by Crippen LogP contribution is 2.30. The van der Waals surface area contributed by atoms with E-state index in [2.05, 4.69) is 5.32 Å². The molecule has 2 N–H and O–H groups in total. The molecule has 0 amide bonds. The molecule has 112 valence electrons. The van der Waals surface area contributed by atoms with Crippen LogP contribution in [0.5, 0.6) is 5.75 Å². The van der Waals surface area contributed by atoms with Gasteiger partial charge in [0.05, 0.1) is 16.8 Å². The van der Waals surface area contributed by atoms with Gasteiger partial charge >= 0.3 is 0 Å². The van der Waals surface area contributed by atoms with E-state index in [1.54, 1.807) is 6.07 Å². The van der Waals surface area contributed by atoms with Gasteiger partial charge in [-0.2, -0.15) is 0 Å². The van der Waals surface area contributed by atoms with Gasteiger partial charge in [-0.05, 0) is 31.2 Å². The maximum atomic E-state index is 13.8. The van der Waals surface area contributed by atoms with Crippen LogP contribution in [0.2, 0.25) is 5.02 Å². The Morgan fingerprint density at radius 3 is 2.48 bits per heavy atom. The first-order valence-corrected chi connectivity index (χ1v) is 6.98. The molecule has 21 heavy (non-hydrogen) atoms. The fraction of sp³-hybridized carbons (Fsp3) is 0.250. The van der Waals surface area contributed by atoms with E-state index >= 15 is 0 Å². The quantitative estimate of drug-likeness (QED) is 0.877. The first kappa shape index (κ1) is 15.4. The summed E-state index contributed by atoms with van der Waals surface area (Å²) in [5.74, 6) is -0.521. The summed E-state index contributed by atoms with van der Waals surface area (Å²) >= 11 is 6.22. The maximum absolute atomic E-state index is 13.8. The molecule has 0 bridgehead atoms. The number of phenols is 1. The maximum Gasteiger partial charge on any atom is 0.132 e. The summed E-state index contributed by atoms with van der Waals surface area (Å²) in [6.45, 7) is 1.85. The first-order chi connectivity index (χ1) is 9.88. The Morgan fingerprint density at radius 1 is 1.19 bits per heavy atom. The van der Waals surface area contributed by atoms with Crippen LogP contribution in [0.3, 0.4) is 0 Å². The molecule has 0 fully saturated rings. The molecule has 1 unspecified atom stereocenters. The Kier molecular flexibility index (Phi) is 4.58. The first-order valence-electron chi connectivity index (χ1n) is 6.60. The molecule has 0 aliphatic heterocycles. The van der Waals surface area contributed by atoms with Gasteiger partial charge in [-0.1, -0.05) is 17.7 Å². The summed E-state index contributed by atoms with van der Waals surface area (Å²) in [5, 5.41) is 13.1. The minimum absolute atomic E-state index is 0.0816. The molecule has 2 aromatic carbocycles. The molecule has 0 heterocycles. The number of hydrogen-bond donors (Lipinski definition) is 2. The standard InChI is InChI=1S/C16H18ClFN2O/c1-10(13-6-5-12(21)9-15(13)18)19-11-4-7-16(20(2)3)14(17)8-11/h4-10,19,21H,1-3H3. The van der Waals surface area contributed by atoms with Crippen molar-refractivity contribution in [2.75, 3.05) is 24.3 Å². The number of hydrogen-bond acceptors (Lipinski definition) is 3. The largest absolute Gasteiger partial charge is 0.508 e. The van der Waals surface area contributed by atoms with Crippen LogP contribution in [-0.4, -0.2) is 19.2 Å². The second-order valence-corrected chi connectivity index (χ2v) is 5.54. The summed E-state index contributed by atoms with van der Waals surface area (Å²) in [4.78, 5) is 1.93. The average Bonchev–Trinajstić information content (AvgIpc) is 2.37. The van der Waals surface area contributed by atoms with Gasteiger partial charge in [0, 0.05) is 31.4 Å². The number of anilines is 2. The fourth-order valence-electron chi connectivity index (χ4n) is 2.15. The van der Waals surface area contributed by atoms with Crippen molar-refractivity contribution in [3.05, 3.63) is 52.8 Å². The van der Waals surface area contributed by atoms with E-state index in [9.17, 15) is 9.50 Å². The Hall–Kier alpha value is -1.94. The van der Waals surface area contributed by atoms with Crippen molar-refractivity contribution in [3.63, 3.8) is 0 Å². The zero-order valence-electron chi connectivity index (χ0n) is 12.2. The van der Waals surface area contributed by atoms with E-state index in [-0.39, 0.29) is 11.8 Å². The second kappa shape index (κ2) is 6.22. The molecule has 0 radical (unpaired) electrons. The smallest absolute Gasteiger partial charge is 0.132 e. The molecular formula is C16H18ClFN2O. The van der Waals surface area contributed by atoms with Crippen molar-refractivity contribution in [2.24, 2.45) is 0 Å². The monoisotopic (exact) mass is 308 g/mol. The van der Waals surface area contributed by atoms with Crippen molar-refractivity contribution in [1.29, 1.82) is 0 Å². The normalized spacial score (nSPS) is 12.0. The van der Waals surface area contributed by atoms with E-state index in [0.29, 0.717) is 10.6 Å². The highest BCUT2D eigenvalue weighted by molar-refractivity contribution is 6.33. The van der Waals surface area contributed by atoms with Crippen LogP contribution >= 0.6 is 11.6 Å². The number of phenolic OH excluding ortho intramolecular Hbond substituents is 1. The molecule has 0 saturated heterocycles. The Labute approximate surface area is 129 Å². The van der Waals surface area contributed by atoms with Crippen molar-refractivity contribution in [3.8, 4) is 5.75 Å². The summed E-state index contributed by atoms with van der Waals surface area (Å²) in [6.07, 6.45) is 0. The van der Waals surface area contributed by atoms with Crippen LogP contribution in [0, 0.1) is 5.82 Å². The van der Waals surface area contributed by atoms with Crippen molar-refractivity contribution in [1.82, 2.24) is 0 Å². The predicted octanol–water partition coefficient (Wildman–Crippen LogP) is 4.42. The second-order valence-electron chi connectivity index (χ2n) is 5.13. The summed E-state index contributed by atoms with van der Waals surface area (Å²) in [5.41, 5.74) is 2.22. The molecule has 0 aliphatic rings. The van der Waals surface area contributed by atoms with E-state index in [4.69, 9.17) is 11.6 Å². The molecule has 2 aromatic rings. The van der Waals surface area contributed by atoms with Crippen LogP contribution in [0.15, 0.2) is 36.4 Å². The van der Waals surface area contributed by atoms with Crippen molar-refractivity contribution >= 4 is 23.0 Å². The van der Waals surface area contributed by atoms with Gasteiger partial charge in [0.1, 0.15) is 11.6 Å². The van der Waals surface area contributed by atoms with Crippen LogP contribution in [0.25, 0.3) is 0 Å². The molecule has 1 atom stereocenters. The van der Waals surface area contributed by atoms with E-state index in [0.717, 1.165) is 17.4 Å². The van der Waals surface area contributed by atoms with Gasteiger partial charge in [0.2, 0.25) is 0 Å². The third-order valence-corrected chi connectivity index (χ3v) is 3.57. The van der Waals surface area contributed by atoms with Gasteiger partial charge in [0.25, 0.3) is 0 Å². The third kappa shape index (κ3) is 3.58. The van der Waals surface area contributed by atoms with Crippen LogP contribution < -0.4 is 10.2 Å². The van der Waals surface area contributed by atoms with Crippen molar-refractivity contribution < 1.29 is 9.50 Å². The molecule has 5 heteroatoms. The topological polar surface area (TPSA) is 35.5 Å². The molecule has 3 nitrogen and oxygen atoms in total. The number of rotatable bonds is 4. The van der Waals surface area contributed by atoms with Gasteiger partial charge in [-0.25, -0.2) is 4.39 Å². The number of aromatic hydroxyl groups is 1. The minimum Gasteiger partial charge on any atom is -0.508 e. The summed E-state index contributed by atoms with van der Waals surface area (Å²) < 4.78 is 13.8. The van der Waals surface area contributed by atoms with E-state index < -0.39 is 5.82 Å². The molecule has 0 aliphatic carbocycles. The van der Waals surface area contributed by atoms with Gasteiger partial charge in [-0.15, -0.1) is 0 Å². The van der Waals surface area contributed by atoms with E-state index in [1.807, 2.05) is 44.1 Å². The highest BCUT2D eigenvalue weighted by atomic mass is 35.5. The van der Waals surface area contributed by atoms with Gasteiger partial charge in [-0.3, -0.25) is 0 Å². The molecule has 0 spiro atoms. The lowest BCUT2D eigenvalue weighted by Gasteiger charge is -2.19. The van der Waals surface area contributed by atoms with Gasteiger partial charge in [0.15, 0.2) is 0 Å². The molecule has 0 aromatic heterocycles. The molecule has 0 saturated carbocycles. The number of benzene rings is 2. The van der Waals surface area contributed by atoms with Crippen LogP contribution in [0.4, 0.5) is 15.8 Å². The Morgan fingerprint density at radius 2 is 1.90 bits per heavy atom. The molecular weight excluding hydrogens is 291 g/mol. The summed E-state index contributed by atoms with van der Waals surface area (Å²) in [7, 11) is 3.84. The van der Waals surface area contributed by atoms with E-state index in [1.165, 1.54) is 6.07 Å². The lowest BCUT2D eigenvalue weighted by Crippen LogP contribution is -2.11. The highest BCUT2D eigenvalue weighted by Gasteiger charge is 2.12. The number of halogens is 2. The number of nitrogens with zero attached hydrogens (tertiary/aromatic N) is 1. The van der Waals surface area contributed by atoms with Gasteiger partial charge < -0.3 is 15.3 Å². The Balaban J connectivity index is 2.19. The summed E-state index contributed by atoms with van der Waals surface area (Å²) in [6, 6.07) is 9.52. The SMILES string of the molecule is CC(Nc1ccc(N(C)C)c(Cl)c1)c1ccc(O)cc1F. The minimum atomic E-state index is -0.439. The zero-order valence-corrected chi connectivity index (χ0v) is 12.9. The fourth-order valence-corrected chi connectivity index (χ4v) is 2.50. The third-order valence-electron chi connectivity index (χ3n) is 3.26. The lowest BCUT2D eigenvalue weighted by atomic mass is 10.1. The number of nitrogens with one attached hydrogen (secondary N) is 1. The average molecular weight is 309 g/mol. The van der Waals surface area contributed by atoms with Crippen LogP contribution in [0.1, 0.15) is 18.5 Å². The van der Waals surface area contributed by atoms with Crippen molar-refractivity contribution in [2.45, 2.75) is 13.0 Å². The molecule has 2 rings (SSSR count). The zero-order chi connectivity index (χ0) is 15.6.